The van der Waals surface area contributed by atoms with Gasteiger partial charge in [-0.15, -0.1) is 0 Å². The fourth-order valence-corrected chi connectivity index (χ4v) is 2.34. The number of nitrogens with one attached hydrogen (secondary N) is 1. The van der Waals surface area contributed by atoms with Crippen LogP contribution in [0.2, 0.25) is 0 Å². The summed E-state index contributed by atoms with van der Waals surface area (Å²) in [7, 11) is 1.80. The van der Waals surface area contributed by atoms with Gasteiger partial charge in [-0.1, -0.05) is 0 Å². The maximum absolute atomic E-state index is 5.14. The molecule has 0 saturated carbocycles. The fourth-order valence-electron chi connectivity index (χ4n) is 2.34. The summed E-state index contributed by atoms with van der Waals surface area (Å²) in [5.41, 5.74) is 0. The van der Waals surface area contributed by atoms with Gasteiger partial charge in [0, 0.05) is 19.2 Å². The first-order valence-electron chi connectivity index (χ1n) is 4.15. The average molecular weight is 141 g/mol. The lowest BCUT2D eigenvalue weighted by atomic mass is 9.90. The van der Waals surface area contributed by atoms with Crippen molar-refractivity contribution in [3.8, 4) is 0 Å². The normalized spacial score (nSPS) is 44.7. The Morgan fingerprint density at radius 2 is 2.40 bits per heavy atom. The summed E-state index contributed by atoms with van der Waals surface area (Å²) in [5.74, 6) is 0.809. The Labute approximate surface area is 61.9 Å². The molecule has 2 saturated heterocycles. The molecule has 2 aliphatic heterocycles. The van der Waals surface area contributed by atoms with E-state index in [-0.39, 0.29) is 0 Å². The van der Waals surface area contributed by atoms with Gasteiger partial charge in [0.15, 0.2) is 0 Å². The highest BCUT2D eigenvalue weighted by atomic mass is 16.5. The molecule has 2 nitrogen and oxygen atoms in total. The maximum atomic E-state index is 5.14. The van der Waals surface area contributed by atoms with E-state index in [0.29, 0.717) is 0 Å². The van der Waals surface area contributed by atoms with Gasteiger partial charge < -0.3 is 10.1 Å². The molecule has 58 valence electrons. The summed E-state index contributed by atoms with van der Waals surface area (Å²) in [6, 6.07) is 1.61. The third-order valence-corrected chi connectivity index (χ3v) is 2.81. The smallest absolute Gasteiger partial charge is 0.0505 e. The number of ether oxygens (including phenoxy) is 1. The maximum Gasteiger partial charge on any atom is 0.0505 e. The lowest BCUT2D eigenvalue weighted by Crippen LogP contribution is -2.25. The van der Waals surface area contributed by atoms with Gasteiger partial charge in [-0.3, -0.25) is 0 Å². The van der Waals surface area contributed by atoms with Crippen LogP contribution in [0.5, 0.6) is 0 Å². The zero-order chi connectivity index (χ0) is 6.97. The highest BCUT2D eigenvalue weighted by molar-refractivity contribution is 4.96. The van der Waals surface area contributed by atoms with E-state index in [9.17, 15) is 0 Å². The van der Waals surface area contributed by atoms with Crippen molar-refractivity contribution in [1.29, 1.82) is 0 Å². The molecule has 0 aromatic carbocycles. The third kappa shape index (κ3) is 0.956. The van der Waals surface area contributed by atoms with Crippen molar-refractivity contribution < 1.29 is 4.74 Å². The first-order chi connectivity index (χ1) is 4.90. The minimum atomic E-state index is 0.782. The van der Waals surface area contributed by atoms with Gasteiger partial charge in [0.1, 0.15) is 0 Å². The Hall–Kier alpha value is -0.0800. The van der Waals surface area contributed by atoms with E-state index in [2.05, 4.69) is 5.32 Å². The van der Waals surface area contributed by atoms with Crippen molar-refractivity contribution in [2.45, 2.75) is 31.3 Å². The second-order valence-corrected chi connectivity index (χ2v) is 3.50. The van der Waals surface area contributed by atoms with E-state index in [0.717, 1.165) is 24.6 Å². The minimum Gasteiger partial charge on any atom is -0.384 e. The molecule has 2 bridgehead atoms. The van der Waals surface area contributed by atoms with Crippen molar-refractivity contribution in [2.75, 3.05) is 13.7 Å². The first-order valence-corrected chi connectivity index (χ1v) is 4.15. The average Bonchev–Trinajstić information content (AvgIpc) is 2.48. The molecule has 2 aliphatic rings. The van der Waals surface area contributed by atoms with Gasteiger partial charge in [0.2, 0.25) is 0 Å². The van der Waals surface area contributed by atoms with Gasteiger partial charge in [0.05, 0.1) is 6.61 Å². The van der Waals surface area contributed by atoms with E-state index in [1.54, 1.807) is 7.11 Å². The molecule has 0 aromatic heterocycles. The van der Waals surface area contributed by atoms with Crippen LogP contribution in [0.25, 0.3) is 0 Å². The quantitative estimate of drug-likeness (QED) is 0.613. The van der Waals surface area contributed by atoms with Gasteiger partial charge >= 0.3 is 0 Å². The van der Waals surface area contributed by atoms with Crippen LogP contribution < -0.4 is 5.32 Å². The predicted octanol–water partition coefficient (Wildman–Crippen LogP) is 0.773. The highest BCUT2D eigenvalue weighted by Gasteiger charge is 2.38. The molecule has 3 atom stereocenters. The number of rotatable bonds is 2. The second kappa shape index (κ2) is 2.51. The summed E-state index contributed by atoms with van der Waals surface area (Å²) in [4.78, 5) is 0. The van der Waals surface area contributed by atoms with Crippen molar-refractivity contribution >= 4 is 0 Å². The molecule has 1 N–H and O–H groups in total. The highest BCUT2D eigenvalue weighted by Crippen LogP contribution is 2.32. The zero-order valence-corrected chi connectivity index (χ0v) is 6.47. The molecule has 0 amide bonds. The van der Waals surface area contributed by atoms with E-state index < -0.39 is 0 Å². The minimum absolute atomic E-state index is 0.782. The Morgan fingerprint density at radius 3 is 2.90 bits per heavy atom. The molecule has 0 aromatic rings. The number of methoxy groups -OCH3 is 1. The number of fused-ring (bicyclic) bond motifs is 2. The topological polar surface area (TPSA) is 21.3 Å². The number of hydrogen-bond acceptors (Lipinski definition) is 2. The number of hydrogen-bond donors (Lipinski definition) is 1. The second-order valence-electron chi connectivity index (χ2n) is 3.50. The Kier molecular flexibility index (Phi) is 1.66. The summed E-state index contributed by atoms with van der Waals surface area (Å²) in [6.45, 7) is 0.953. The molecule has 10 heavy (non-hydrogen) atoms. The van der Waals surface area contributed by atoms with Crippen LogP contribution in [0, 0.1) is 5.92 Å². The molecule has 0 radical (unpaired) electrons. The van der Waals surface area contributed by atoms with Crippen molar-refractivity contribution in [1.82, 2.24) is 5.32 Å². The molecule has 0 aliphatic carbocycles. The first kappa shape index (κ1) is 6.62. The molecule has 2 rings (SSSR count). The van der Waals surface area contributed by atoms with Gasteiger partial charge in [-0.05, 0) is 25.2 Å². The van der Waals surface area contributed by atoms with Crippen molar-refractivity contribution in [3.05, 3.63) is 0 Å². The van der Waals surface area contributed by atoms with Crippen molar-refractivity contribution in [3.63, 3.8) is 0 Å². The summed E-state index contributed by atoms with van der Waals surface area (Å²) < 4.78 is 5.14. The fraction of sp³-hybridized carbons (Fsp3) is 1.00. The summed E-state index contributed by atoms with van der Waals surface area (Å²) in [6.07, 6.45) is 4.11. The van der Waals surface area contributed by atoms with Crippen LogP contribution in [0.15, 0.2) is 0 Å². The monoisotopic (exact) mass is 141 g/mol. The molecular formula is C8H15NO. The molecule has 0 unspecified atom stereocenters. The Bertz CT molecular complexity index is 126. The molecular weight excluding hydrogens is 126 g/mol. The van der Waals surface area contributed by atoms with Crippen LogP contribution in [-0.4, -0.2) is 25.8 Å². The lowest BCUT2D eigenvalue weighted by molar-refractivity contribution is 0.139. The van der Waals surface area contributed by atoms with E-state index in [4.69, 9.17) is 4.74 Å². The lowest BCUT2D eigenvalue weighted by Gasteiger charge is -2.18. The SMILES string of the molecule is COC[C@H]1C[C@@H]2CC[C@H]1N2. The summed E-state index contributed by atoms with van der Waals surface area (Å²) >= 11 is 0. The van der Waals surface area contributed by atoms with E-state index in [1.165, 1.54) is 19.3 Å². The van der Waals surface area contributed by atoms with Crippen LogP contribution in [0.4, 0.5) is 0 Å². The zero-order valence-electron chi connectivity index (χ0n) is 6.47. The predicted molar refractivity (Wildman–Crippen MR) is 39.9 cm³/mol. The summed E-state index contributed by atoms with van der Waals surface area (Å²) in [5, 5.41) is 3.58. The van der Waals surface area contributed by atoms with Crippen LogP contribution in [-0.2, 0) is 4.74 Å². The Morgan fingerprint density at radius 1 is 1.50 bits per heavy atom. The van der Waals surface area contributed by atoms with E-state index in [1.807, 2.05) is 0 Å². The van der Waals surface area contributed by atoms with Crippen LogP contribution in [0.3, 0.4) is 0 Å². The molecule has 2 heterocycles. The Balaban J connectivity index is 1.90. The largest absolute Gasteiger partial charge is 0.384 e. The van der Waals surface area contributed by atoms with Crippen LogP contribution in [0.1, 0.15) is 19.3 Å². The standard InChI is InChI=1S/C8H15NO/c1-10-5-6-4-7-2-3-8(6)9-7/h6-9H,2-5H2,1H3/t6-,7+,8-/m1/s1. The van der Waals surface area contributed by atoms with Crippen LogP contribution >= 0.6 is 0 Å². The van der Waals surface area contributed by atoms with Gasteiger partial charge in [0.25, 0.3) is 0 Å². The van der Waals surface area contributed by atoms with E-state index >= 15 is 0 Å². The van der Waals surface area contributed by atoms with Crippen molar-refractivity contribution in [2.24, 2.45) is 5.92 Å². The van der Waals surface area contributed by atoms with Gasteiger partial charge in [-0.25, -0.2) is 0 Å². The van der Waals surface area contributed by atoms with Gasteiger partial charge in [-0.2, -0.15) is 0 Å². The molecule has 0 spiro atoms. The third-order valence-electron chi connectivity index (χ3n) is 2.81. The molecule has 2 heteroatoms. The molecule has 2 fully saturated rings.